The second kappa shape index (κ2) is 6.84. The van der Waals surface area contributed by atoms with Gasteiger partial charge in [-0.05, 0) is 41.9 Å². The molecule has 1 aromatic heterocycles. The van der Waals surface area contributed by atoms with Gasteiger partial charge < -0.3 is 5.32 Å². The minimum Gasteiger partial charge on any atom is -0.334 e. The zero-order valence-electron chi connectivity index (χ0n) is 10.5. The second-order valence-electron chi connectivity index (χ2n) is 4.00. The number of aryl methyl sites for hydroxylation is 1. The third-order valence-corrected chi connectivity index (χ3v) is 3.93. The quantitative estimate of drug-likeness (QED) is 0.885. The first-order valence-electron chi connectivity index (χ1n) is 5.39. The lowest BCUT2D eigenvalue weighted by molar-refractivity contribution is 0.250. The SMILES string of the molecule is Cc1nc(NC(=O)N[C@@H](C)C[S@](C)=O)ccc1Br. The van der Waals surface area contributed by atoms with E-state index >= 15 is 0 Å². The highest BCUT2D eigenvalue weighted by Gasteiger charge is 2.09. The van der Waals surface area contributed by atoms with Crippen molar-refractivity contribution in [2.24, 2.45) is 0 Å². The van der Waals surface area contributed by atoms with Crippen molar-refractivity contribution in [2.75, 3.05) is 17.3 Å². The van der Waals surface area contributed by atoms with Crippen molar-refractivity contribution in [3.05, 3.63) is 22.3 Å². The van der Waals surface area contributed by atoms with Gasteiger partial charge in [-0.2, -0.15) is 0 Å². The van der Waals surface area contributed by atoms with E-state index in [1.54, 1.807) is 19.2 Å². The van der Waals surface area contributed by atoms with Gasteiger partial charge in [-0.25, -0.2) is 9.78 Å². The van der Waals surface area contributed by atoms with Gasteiger partial charge in [-0.3, -0.25) is 9.53 Å². The molecule has 0 saturated heterocycles. The second-order valence-corrected chi connectivity index (χ2v) is 6.34. The number of urea groups is 1. The summed E-state index contributed by atoms with van der Waals surface area (Å²) < 4.78 is 11.9. The van der Waals surface area contributed by atoms with Gasteiger partial charge >= 0.3 is 6.03 Å². The van der Waals surface area contributed by atoms with Gasteiger partial charge in [0, 0.05) is 33.3 Å². The molecule has 0 radical (unpaired) electrons. The third-order valence-electron chi connectivity index (χ3n) is 2.13. The largest absolute Gasteiger partial charge is 0.334 e. The summed E-state index contributed by atoms with van der Waals surface area (Å²) in [7, 11) is -0.930. The van der Waals surface area contributed by atoms with Gasteiger partial charge in [0.2, 0.25) is 0 Å². The zero-order chi connectivity index (χ0) is 13.7. The number of carbonyl (C=O) groups excluding carboxylic acids is 1. The molecule has 1 aromatic rings. The minimum atomic E-state index is -0.930. The van der Waals surface area contributed by atoms with E-state index in [-0.39, 0.29) is 12.1 Å². The summed E-state index contributed by atoms with van der Waals surface area (Å²) in [4.78, 5) is 15.8. The molecule has 7 heteroatoms. The average molecular weight is 334 g/mol. The number of rotatable bonds is 4. The Hall–Kier alpha value is -0.950. The number of amides is 2. The number of hydrogen-bond acceptors (Lipinski definition) is 3. The maximum atomic E-state index is 11.6. The molecule has 0 aliphatic carbocycles. The van der Waals surface area contributed by atoms with Crippen LogP contribution in [0.4, 0.5) is 10.6 Å². The van der Waals surface area contributed by atoms with Crippen LogP contribution in [0.1, 0.15) is 12.6 Å². The van der Waals surface area contributed by atoms with Crippen molar-refractivity contribution in [3.8, 4) is 0 Å². The summed E-state index contributed by atoms with van der Waals surface area (Å²) in [6.07, 6.45) is 1.61. The average Bonchev–Trinajstić information content (AvgIpc) is 2.21. The number of carbonyl (C=O) groups is 1. The molecule has 0 aliphatic heterocycles. The molecule has 1 rings (SSSR count). The van der Waals surface area contributed by atoms with Gasteiger partial charge in [-0.1, -0.05) is 0 Å². The molecule has 0 saturated carbocycles. The van der Waals surface area contributed by atoms with Crippen molar-refractivity contribution < 1.29 is 9.00 Å². The molecular formula is C11H16BrN3O2S. The van der Waals surface area contributed by atoms with Crippen molar-refractivity contribution >= 4 is 38.6 Å². The Balaban J connectivity index is 2.54. The number of nitrogens with one attached hydrogen (secondary N) is 2. The summed E-state index contributed by atoms with van der Waals surface area (Å²) in [5.74, 6) is 0.915. The minimum absolute atomic E-state index is 0.146. The van der Waals surface area contributed by atoms with Crippen LogP contribution in [0.5, 0.6) is 0 Å². The number of halogens is 1. The van der Waals surface area contributed by atoms with Crippen molar-refractivity contribution in [1.29, 1.82) is 0 Å². The van der Waals surface area contributed by atoms with Gasteiger partial charge in [0.25, 0.3) is 0 Å². The summed E-state index contributed by atoms with van der Waals surface area (Å²) in [6.45, 7) is 3.65. The fourth-order valence-corrected chi connectivity index (χ4v) is 2.39. The number of nitrogens with zero attached hydrogens (tertiary/aromatic N) is 1. The van der Waals surface area contributed by atoms with E-state index < -0.39 is 10.8 Å². The van der Waals surface area contributed by atoms with Crippen LogP contribution in [0.3, 0.4) is 0 Å². The monoisotopic (exact) mass is 333 g/mol. The first kappa shape index (κ1) is 15.1. The number of aromatic nitrogens is 1. The molecule has 1 heterocycles. The molecule has 2 atom stereocenters. The highest BCUT2D eigenvalue weighted by molar-refractivity contribution is 9.10. The smallest absolute Gasteiger partial charge is 0.320 e. The Kier molecular flexibility index (Phi) is 5.74. The lowest BCUT2D eigenvalue weighted by atomic mass is 10.3. The van der Waals surface area contributed by atoms with Crippen molar-refractivity contribution in [2.45, 2.75) is 19.9 Å². The molecule has 0 aliphatic rings. The van der Waals surface area contributed by atoms with E-state index in [2.05, 4.69) is 31.5 Å². The standard InChI is InChI=1S/C11H16BrN3O2S/c1-7(6-18(3)17)13-11(16)15-10-5-4-9(12)8(2)14-10/h4-5,7H,6H2,1-3H3,(H2,13,14,15,16)/t7-,18-/m0/s1. The topological polar surface area (TPSA) is 71.1 Å². The Morgan fingerprint density at radius 1 is 1.56 bits per heavy atom. The summed E-state index contributed by atoms with van der Waals surface area (Å²) in [5.41, 5.74) is 0.801. The molecule has 18 heavy (non-hydrogen) atoms. The Labute approximate surface area is 117 Å². The Morgan fingerprint density at radius 2 is 2.22 bits per heavy atom. The van der Waals surface area contributed by atoms with E-state index in [1.807, 2.05) is 13.0 Å². The van der Waals surface area contributed by atoms with Crippen LogP contribution in [-0.4, -0.2) is 33.3 Å². The highest BCUT2D eigenvalue weighted by Crippen LogP contribution is 2.15. The van der Waals surface area contributed by atoms with Crippen LogP contribution in [0, 0.1) is 6.92 Å². The molecule has 0 bridgehead atoms. The normalized spacial score (nSPS) is 13.8. The number of anilines is 1. The lowest BCUT2D eigenvalue weighted by Gasteiger charge is -2.13. The molecule has 0 fully saturated rings. The summed E-state index contributed by atoms with van der Waals surface area (Å²) in [5, 5.41) is 5.33. The Morgan fingerprint density at radius 3 is 2.78 bits per heavy atom. The van der Waals surface area contributed by atoms with Crippen molar-refractivity contribution in [1.82, 2.24) is 10.3 Å². The maximum Gasteiger partial charge on any atom is 0.320 e. The van der Waals surface area contributed by atoms with Crippen LogP contribution < -0.4 is 10.6 Å². The highest BCUT2D eigenvalue weighted by atomic mass is 79.9. The molecule has 0 spiro atoms. The number of pyridine rings is 1. The van der Waals surface area contributed by atoms with E-state index in [4.69, 9.17) is 0 Å². The van der Waals surface area contributed by atoms with E-state index in [1.165, 1.54) is 0 Å². The van der Waals surface area contributed by atoms with E-state index in [0.717, 1.165) is 10.2 Å². The summed E-state index contributed by atoms with van der Waals surface area (Å²) in [6, 6.07) is 3.04. The van der Waals surface area contributed by atoms with Crippen LogP contribution in [0.25, 0.3) is 0 Å². The fraction of sp³-hybridized carbons (Fsp3) is 0.455. The summed E-state index contributed by atoms with van der Waals surface area (Å²) >= 11 is 3.34. The van der Waals surface area contributed by atoms with E-state index in [9.17, 15) is 9.00 Å². The molecule has 0 unspecified atom stereocenters. The maximum absolute atomic E-state index is 11.6. The van der Waals surface area contributed by atoms with Crippen LogP contribution in [-0.2, 0) is 10.8 Å². The molecule has 5 nitrogen and oxygen atoms in total. The number of hydrogen-bond donors (Lipinski definition) is 2. The van der Waals surface area contributed by atoms with Crippen LogP contribution >= 0.6 is 15.9 Å². The van der Waals surface area contributed by atoms with Gasteiger partial charge in [0.05, 0.1) is 5.69 Å². The zero-order valence-corrected chi connectivity index (χ0v) is 12.9. The first-order valence-corrected chi connectivity index (χ1v) is 7.91. The molecule has 2 N–H and O–H groups in total. The first-order chi connectivity index (χ1) is 8.38. The molecular weight excluding hydrogens is 318 g/mol. The van der Waals surface area contributed by atoms with E-state index in [0.29, 0.717) is 11.6 Å². The molecule has 0 aromatic carbocycles. The predicted octanol–water partition coefficient (Wildman–Crippen LogP) is 2.04. The Bertz CT molecular complexity index is 468. The molecule has 100 valence electrons. The van der Waals surface area contributed by atoms with Gasteiger partial charge in [0.1, 0.15) is 5.82 Å². The lowest BCUT2D eigenvalue weighted by Crippen LogP contribution is -2.39. The molecule has 2 amide bonds. The predicted molar refractivity (Wildman–Crippen MR) is 77.2 cm³/mol. The third kappa shape index (κ3) is 5.14. The van der Waals surface area contributed by atoms with Gasteiger partial charge in [-0.15, -0.1) is 0 Å². The van der Waals surface area contributed by atoms with Crippen LogP contribution in [0.2, 0.25) is 0 Å². The van der Waals surface area contributed by atoms with Crippen molar-refractivity contribution in [3.63, 3.8) is 0 Å². The van der Waals surface area contributed by atoms with Gasteiger partial charge in [0.15, 0.2) is 0 Å². The fourth-order valence-electron chi connectivity index (χ4n) is 1.38. The van der Waals surface area contributed by atoms with Crippen LogP contribution in [0.15, 0.2) is 16.6 Å².